The third-order valence-corrected chi connectivity index (χ3v) is 5.70. The zero-order valence-electron chi connectivity index (χ0n) is 18.9. The number of carbonyl (C=O) groups is 1. The molecule has 1 aromatic heterocycles. The van der Waals surface area contributed by atoms with E-state index in [1.807, 2.05) is 32.9 Å². The number of aromatic nitrogens is 2. The van der Waals surface area contributed by atoms with Gasteiger partial charge in [-0.3, -0.25) is 14.2 Å². The molecule has 0 fully saturated rings. The van der Waals surface area contributed by atoms with Crippen LogP contribution in [0.4, 0.5) is 18.9 Å². The van der Waals surface area contributed by atoms with E-state index >= 15 is 0 Å². The minimum atomic E-state index is -4.94. The maximum absolute atomic E-state index is 13.6. The number of anilines is 1. The molecule has 32 heavy (non-hydrogen) atoms. The summed E-state index contributed by atoms with van der Waals surface area (Å²) in [5, 5.41) is 2.83. The molecule has 2 aromatic carbocycles. The van der Waals surface area contributed by atoms with E-state index in [0.717, 1.165) is 32.4 Å². The summed E-state index contributed by atoms with van der Waals surface area (Å²) >= 11 is 0. The Morgan fingerprint density at radius 1 is 1.00 bits per heavy atom. The number of halogens is 3. The van der Waals surface area contributed by atoms with Crippen LogP contribution in [0.2, 0.25) is 0 Å². The molecule has 0 aliphatic rings. The third-order valence-electron chi connectivity index (χ3n) is 5.70. The quantitative estimate of drug-likeness (QED) is 0.573. The van der Waals surface area contributed by atoms with E-state index in [4.69, 9.17) is 0 Å². The molecule has 3 aromatic rings. The smallest absolute Gasteiger partial charge is 0.324 e. The number of nitrogens with zero attached hydrogens (tertiary/aromatic N) is 2. The summed E-state index contributed by atoms with van der Waals surface area (Å²) in [5.41, 5.74) is 2.18. The zero-order valence-corrected chi connectivity index (χ0v) is 18.9. The number of hydrogen-bond acceptors (Lipinski definition) is 3. The van der Waals surface area contributed by atoms with Crippen LogP contribution in [0.5, 0.6) is 0 Å². The Labute approximate surface area is 184 Å². The van der Waals surface area contributed by atoms with Crippen LogP contribution in [-0.4, -0.2) is 15.5 Å². The minimum Gasteiger partial charge on any atom is -0.324 e. The topological polar surface area (TPSA) is 64.0 Å². The molecule has 3 rings (SSSR count). The van der Waals surface area contributed by atoms with Gasteiger partial charge in [0.1, 0.15) is 6.04 Å². The predicted octanol–water partition coefficient (Wildman–Crippen LogP) is 5.55. The molecule has 1 atom stereocenters. The number of rotatable bonds is 4. The summed E-state index contributed by atoms with van der Waals surface area (Å²) in [5.74, 6) is -0.552. The van der Waals surface area contributed by atoms with Gasteiger partial charge in [0.05, 0.1) is 11.0 Å². The van der Waals surface area contributed by atoms with Crippen molar-refractivity contribution in [2.75, 3.05) is 5.32 Å². The fourth-order valence-corrected chi connectivity index (χ4v) is 4.02. The molecule has 1 heterocycles. The van der Waals surface area contributed by atoms with Gasteiger partial charge < -0.3 is 5.32 Å². The van der Waals surface area contributed by atoms with E-state index in [-0.39, 0.29) is 17.5 Å². The molecule has 0 spiro atoms. The number of nitrogens with one attached hydrogen (secondary N) is 1. The summed E-state index contributed by atoms with van der Waals surface area (Å²) in [6.45, 7) is 10.8. The average Bonchev–Trinajstić information content (AvgIpc) is 2.67. The maximum Gasteiger partial charge on any atom is 0.438 e. The van der Waals surface area contributed by atoms with Crippen molar-refractivity contribution >= 4 is 22.6 Å². The minimum absolute atomic E-state index is 0.0222. The molecule has 0 aliphatic heterocycles. The summed E-state index contributed by atoms with van der Waals surface area (Å²) < 4.78 is 41.8. The third kappa shape index (κ3) is 4.26. The first-order chi connectivity index (χ1) is 14.8. The standard InChI is InChI=1S/C24H26F3N3O2/c1-7-18(22(31)29-20-15(5)8-12(2)9-16(20)6)30-19-11-14(4)13(3)10-17(19)28-21(23(30)32)24(25,26)27/h8-11,18H,7H2,1-6H3,(H,29,31). The molecule has 1 N–H and O–H groups in total. The monoisotopic (exact) mass is 445 g/mol. The lowest BCUT2D eigenvalue weighted by molar-refractivity contribution is -0.142. The fourth-order valence-electron chi connectivity index (χ4n) is 4.02. The van der Waals surface area contributed by atoms with E-state index in [1.165, 1.54) is 6.07 Å². The van der Waals surface area contributed by atoms with E-state index in [1.54, 1.807) is 26.8 Å². The first-order valence-electron chi connectivity index (χ1n) is 10.3. The van der Waals surface area contributed by atoms with Crippen LogP contribution in [0.1, 0.15) is 52.9 Å². The summed E-state index contributed by atoms with van der Waals surface area (Å²) in [7, 11) is 0. The highest BCUT2D eigenvalue weighted by molar-refractivity contribution is 5.96. The maximum atomic E-state index is 13.6. The molecule has 0 radical (unpaired) electrons. The van der Waals surface area contributed by atoms with Crippen molar-refractivity contribution in [3.63, 3.8) is 0 Å². The number of hydrogen-bond donors (Lipinski definition) is 1. The van der Waals surface area contributed by atoms with Crippen LogP contribution in [-0.2, 0) is 11.0 Å². The fraction of sp³-hybridized carbons (Fsp3) is 0.375. The van der Waals surface area contributed by atoms with Crippen LogP contribution in [0.3, 0.4) is 0 Å². The molecule has 0 bridgehead atoms. The Morgan fingerprint density at radius 2 is 1.56 bits per heavy atom. The average molecular weight is 445 g/mol. The number of benzene rings is 2. The first-order valence-corrected chi connectivity index (χ1v) is 10.3. The molecule has 1 amide bonds. The molecule has 8 heteroatoms. The highest BCUT2D eigenvalue weighted by Gasteiger charge is 2.39. The number of amides is 1. The van der Waals surface area contributed by atoms with Gasteiger partial charge in [-0.25, -0.2) is 4.98 Å². The van der Waals surface area contributed by atoms with Crippen LogP contribution in [0.15, 0.2) is 29.1 Å². The Bertz CT molecular complexity index is 1250. The van der Waals surface area contributed by atoms with E-state index in [0.29, 0.717) is 5.69 Å². The number of alkyl halides is 3. The van der Waals surface area contributed by atoms with Crippen molar-refractivity contribution in [2.45, 2.75) is 60.2 Å². The Morgan fingerprint density at radius 3 is 2.09 bits per heavy atom. The second-order valence-corrected chi connectivity index (χ2v) is 8.25. The van der Waals surface area contributed by atoms with Crippen molar-refractivity contribution in [1.82, 2.24) is 9.55 Å². The van der Waals surface area contributed by atoms with Crippen LogP contribution >= 0.6 is 0 Å². The number of carbonyl (C=O) groups excluding carboxylic acids is 1. The Kier molecular flexibility index (Phi) is 6.18. The SMILES string of the molecule is CCC(C(=O)Nc1c(C)cc(C)cc1C)n1c(=O)c(C(F)(F)F)nc2cc(C)c(C)cc21. The van der Waals surface area contributed by atoms with Gasteiger partial charge in [0.15, 0.2) is 0 Å². The van der Waals surface area contributed by atoms with Gasteiger partial charge in [0.25, 0.3) is 5.56 Å². The Balaban J connectivity index is 2.23. The second-order valence-electron chi connectivity index (χ2n) is 8.25. The molecule has 0 saturated carbocycles. The van der Waals surface area contributed by atoms with Gasteiger partial charge in [-0.05, 0) is 75.4 Å². The second kappa shape index (κ2) is 8.41. The van der Waals surface area contributed by atoms with Crippen LogP contribution in [0.25, 0.3) is 11.0 Å². The molecule has 170 valence electrons. The van der Waals surface area contributed by atoms with Gasteiger partial charge in [-0.15, -0.1) is 0 Å². The molecule has 5 nitrogen and oxygen atoms in total. The zero-order chi connectivity index (χ0) is 24.0. The van der Waals surface area contributed by atoms with Crippen molar-refractivity contribution < 1.29 is 18.0 Å². The largest absolute Gasteiger partial charge is 0.438 e. The highest BCUT2D eigenvalue weighted by Crippen LogP contribution is 2.30. The highest BCUT2D eigenvalue weighted by atomic mass is 19.4. The first kappa shape index (κ1) is 23.5. The molecule has 0 saturated heterocycles. The lowest BCUT2D eigenvalue weighted by atomic mass is 10.0. The predicted molar refractivity (Wildman–Crippen MR) is 119 cm³/mol. The lowest BCUT2D eigenvalue weighted by Crippen LogP contribution is -2.37. The van der Waals surface area contributed by atoms with Crippen molar-refractivity contribution in [3.8, 4) is 0 Å². The van der Waals surface area contributed by atoms with Crippen molar-refractivity contribution in [1.29, 1.82) is 0 Å². The summed E-state index contributed by atoms with van der Waals surface area (Å²) in [6.07, 6.45) is -4.82. The van der Waals surface area contributed by atoms with Gasteiger partial charge in [0.2, 0.25) is 11.6 Å². The van der Waals surface area contributed by atoms with Gasteiger partial charge in [-0.1, -0.05) is 24.6 Å². The van der Waals surface area contributed by atoms with E-state index in [9.17, 15) is 22.8 Å². The lowest BCUT2D eigenvalue weighted by Gasteiger charge is -2.23. The molecular formula is C24H26F3N3O2. The van der Waals surface area contributed by atoms with Crippen molar-refractivity contribution in [3.05, 3.63) is 68.1 Å². The van der Waals surface area contributed by atoms with Crippen LogP contribution < -0.4 is 10.9 Å². The summed E-state index contributed by atoms with van der Waals surface area (Å²) in [6, 6.07) is 5.79. The van der Waals surface area contributed by atoms with Crippen molar-refractivity contribution in [2.24, 2.45) is 0 Å². The molecular weight excluding hydrogens is 419 g/mol. The van der Waals surface area contributed by atoms with Gasteiger partial charge in [-0.2, -0.15) is 13.2 Å². The normalized spacial score (nSPS) is 12.8. The van der Waals surface area contributed by atoms with Gasteiger partial charge >= 0.3 is 6.18 Å². The number of aryl methyl sites for hydroxylation is 5. The molecule has 1 unspecified atom stereocenters. The van der Waals surface area contributed by atoms with Gasteiger partial charge in [0, 0.05) is 5.69 Å². The Hall–Kier alpha value is -3.16. The number of fused-ring (bicyclic) bond motifs is 1. The van der Waals surface area contributed by atoms with E-state index in [2.05, 4.69) is 10.3 Å². The summed E-state index contributed by atoms with van der Waals surface area (Å²) in [4.78, 5) is 29.8. The van der Waals surface area contributed by atoms with Crippen LogP contribution in [0, 0.1) is 34.6 Å². The van der Waals surface area contributed by atoms with E-state index < -0.39 is 29.4 Å². The molecule has 0 aliphatic carbocycles.